The molecule has 154 valence electrons. The molecule has 2 aliphatic rings. The number of rotatable bonds is 0. The largest absolute Gasteiger partial charge is 0.457 e. The van der Waals surface area contributed by atoms with Crippen LogP contribution in [-0.4, -0.2) is 0 Å². The average Bonchev–Trinajstić information content (AvgIpc) is 3.16. The van der Waals surface area contributed by atoms with Crippen LogP contribution in [0.15, 0.2) is 102 Å². The van der Waals surface area contributed by atoms with Crippen LogP contribution in [0.3, 0.4) is 0 Å². The third-order valence-corrected chi connectivity index (χ3v) is 7.50. The summed E-state index contributed by atoms with van der Waals surface area (Å²) in [5.74, 6) is 1.63. The summed E-state index contributed by atoms with van der Waals surface area (Å²) in [5.41, 5.74) is 7.07. The summed E-state index contributed by atoms with van der Waals surface area (Å²) in [4.78, 5) is 0. The first-order valence-corrected chi connectivity index (χ1v) is 11.7. The molecular formula is C30H16BrNO. The molecule has 0 N–H and O–H groups in total. The first kappa shape index (κ1) is 18.7. The SMILES string of the molecule is N#Cc1ccc2c(c1)C1(c3cc(Br)ccc3O2)c2ccccc2-c2c1ccc1ccccc21. The lowest BCUT2D eigenvalue weighted by molar-refractivity contribution is 0.436. The average molecular weight is 486 g/mol. The van der Waals surface area contributed by atoms with Crippen LogP contribution in [0.4, 0.5) is 0 Å². The Kier molecular flexibility index (Phi) is 3.72. The molecule has 1 aliphatic carbocycles. The number of nitriles is 1. The van der Waals surface area contributed by atoms with Crippen LogP contribution < -0.4 is 4.74 Å². The van der Waals surface area contributed by atoms with Gasteiger partial charge in [-0.25, -0.2) is 0 Å². The molecule has 5 aromatic rings. The van der Waals surface area contributed by atoms with E-state index in [0.29, 0.717) is 5.56 Å². The molecule has 5 aromatic carbocycles. The van der Waals surface area contributed by atoms with Crippen LogP contribution in [0.2, 0.25) is 0 Å². The fraction of sp³-hybridized carbons (Fsp3) is 0.0333. The molecule has 0 fully saturated rings. The van der Waals surface area contributed by atoms with E-state index in [4.69, 9.17) is 4.74 Å². The lowest BCUT2D eigenvalue weighted by Gasteiger charge is -2.39. The van der Waals surface area contributed by atoms with Gasteiger partial charge in [0, 0.05) is 15.6 Å². The maximum absolute atomic E-state index is 9.74. The van der Waals surface area contributed by atoms with Crippen molar-refractivity contribution in [2.24, 2.45) is 0 Å². The highest BCUT2D eigenvalue weighted by Crippen LogP contribution is 2.63. The first-order valence-electron chi connectivity index (χ1n) is 10.9. The molecule has 2 nitrogen and oxygen atoms in total. The predicted molar refractivity (Wildman–Crippen MR) is 134 cm³/mol. The molecule has 0 amide bonds. The van der Waals surface area contributed by atoms with E-state index in [1.807, 2.05) is 30.3 Å². The van der Waals surface area contributed by atoms with E-state index in [-0.39, 0.29) is 0 Å². The molecule has 0 saturated carbocycles. The van der Waals surface area contributed by atoms with Crippen molar-refractivity contribution in [3.05, 3.63) is 129 Å². The Morgan fingerprint density at radius 2 is 1.45 bits per heavy atom. The zero-order valence-corrected chi connectivity index (χ0v) is 19.1. The molecule has 7 rings (SSSR count). The number of nitrogens with zero attached hydrogens (tertiary/aromatic N) is 1. The Morgan fingerprint density at radius 3 is 2.33 bits per heavy atom. The van der Waals surface area contributed by atoms with Crippen LogP contribution >= 0.6 is 15.9 Å². The molecular weight excluding hydrogens is 470 g/mol. The summed E-state index contributed by atoms with van der Waals surface area (Å²) in [6.45, 7) is 0. The van der Waals surface area contributed by atoms with E-state index in [1.54, 1.807) is 0 Å². The minimum atomic E-state index is -0.574. The fourth-order valence-corrected chi connectivity index (χ4v) is 6.12. The molecule has 1 atom stereocenters. The molecule has 0 bridgehead atoms. The monoisotopic (exact) mass is 485 g/mol. The van der Waals surface area contributed by atoms with Gasteiger partial charge in [0.25, 0.3) is 0 Å². The van der Waals surface area contributed by atoms with Gasteiger partial charge in [0.2, 0.25) is 0 Å². The van der Waals surface area contributed by atoms with E-state index in [9.17, 15) is 5.26 Å². The number of halogens is 1. The zero-order chi connectivity index (χ0) is 22.2. The fourth-order valence-electron chi connectivity index (χ4n) is 5.76. The molecule has 1 heterocycles. The van der Waals surface area contributed by atoms with Crippen LogP contribution in [0.25, 0.3) is 21.9 Å². The smallest absolute Gasteiger partial charge is 0.132 e. The number of fused-ring (bicyclic) bond motifs is 11. The number of benzene rings is 5. The van der Waals surface area contributed by atoms with Crippen LogP contribution in [0.1, 0.15) is 27.8 Å². The highest BCUT2D eigenvalue weighted by atomic mass is 79.9. The van der Waals surface area contributed by atoms with E-state index in [1.165, 1.54) is 33.0 Å². The highest BCUT2D eigenvalue weighted by Gasteiger charge is 2.51. The first-order chi connectivity index (χ1) is 16.2. The lowest BCUT2D eigenvalue weighted by Crippen LogP contribution is -2.32. The standard InChI is InChI=1S/C30H16BrNO/c31-20-11-14-28-26(16-20)30(25-15-18(17-32)9-13-27(25)33-28)23-8-4-3-7-22(23)29-21-6-2-1-5-19(21)10-12-24(29)30/h1-16H. The molecule has 0 aromatic heterocycles. The van der Waals surface area contributed by atoms with Gasteiger partial charge in [0.1, 0.15) is 11.5 Å². The summed E-state index contributed by atoms with van der Waals surface area (Å²) in [6, 6.07) is 36.0. The van der Waals surface area contributed by atoms with E-state index in [0.717, 1.165) is 27.1 Å². The molecule has 1 aliphatic heterocycles. The summed E-state index contributed by atoms with van der Waals surface area (Å²) in [5, 5.41) is 12.2. The summed E-state index contributed by atoms with van der Waals surface area (Å²) in [7, 11) is 0. The second-order valence-corrected chi connectivity index (χ2v) is 9.49. The van der Waals surface area contributed by atoms with Gasteiger partial charge in [-0.1, -0.05) is 76.6 Å². The van der Waals surface area contributed by atoms with Crippen LogP contribution in [-0.2, 0) is 5.41 Å². The third-order valence-electron chi connectivity index (χ3n) is 7.01. The maximum atomic E-state index is 9.74. The van der Waals surface area contributed by atoms with E-state index in [2.05, 4.69) is 88.7 Å². The molecule has 3 heteroatoms. The Hall–Kier alpha value is -3.87. The zero-order valence-electron chi connectivity index (χ0n) is 17.5. The third kappa shape index (κ3) is 2.31. The summed E-state index contributed by atoms with van der Waals surface area (Å²) >= 11 is 3.70. The second-order valence-electron chi connectivity index (χ2n) is 8.57. The number of hydrogen-bond acceptors (Lipinski definition) is 2. The molecule has 0 saturated heterocycles. The van der Waals surface area contributed by atoms with Gasteiger partial charge >= 0.3 is 0 Å². The van der Waals surface area contributed by atoms with Crippen molar-refractivity contribution in [1.29, 1.82) is 5.26 Å². The van der Waals surface area contributed by atoms with Gasteiger partial charge in [0.15, 0.2) is 0 Å². The highest BCUT2D eigenvalue weighted by molar-refractivity contribution is 9.10. The minimum Gasteiger partial charge on any atom is -0.457 e. The van der Waals surface area contributed by atoms with Crippen molar-refractivity contribution in [3.63, 3.8) is 0 Å². The van der Waals surface area contributed by atoms with Crippen LogP contribution in [0.5, 0.6) is 11.5 Å². The molecule has 33 heavy (non-hydrogen) atoms. The Bertz CT molecular complexity index is 1680. The van der Waals surface area contributed by atoms with Gasteiger partial charge in [-0.3, -0.25) is 0 Å². The summed E-state index contributed by atoms with van der Waals surface area (Å²) < 4.78 is 7.40. The maximum Gasteiger partial charge on any atom is 0.132 e. The van der Waals surface area contributed by atoms with Gasteiger partial charge in [-0.05, 0) is 69.4 Å². The van der Waals surface area contributed by atoms with Crippen molar-refractivity contribution in [1.82, 2.24) is 0 Å². The minimum absolute atomic E-state index is 0.574. The topological polar surface area (TPSA) is 33.0 Å². The van der Waals surface area contributed by atoms with Crippen molar-refractivity contribution >= 4 is 26.7 Å². The Morgan fingerprint density at radius 1 is 0.697 bits per heavy atom. The second kappa shape index (κ2) is 6.57. The van der Waals surface area contributed by atoms with Crippen LogP contribution in [0, 0.1) is 11.3 Å². The van der Waals surface area contributed by atoms with Gasteiger partial charge < -0.3 is 4.74 Å². The van der Waals surface area contributed by atoms with Crippen molar-refractivity contribution < 1.29 is 4.74 Å². The predicted octanol–water partition coefficient (Wildman–Crippen LogP) is 7.94. The quantitative estimate of drug-likeness (QED) is 0.218. The Balaban J connectivity index is 1.74. The van der Waals surface area contributed by atoms with Gasteiger partial charge in [-0.2, -0.15) is 5.26 Å². The van der Waals surface area contributed by atoms with Crippen molar-refractivity contribution in [3.8, 4) is 28.7 Å². The Labute approximate surface area is 199 Å². The number of hydrogen-bond donors (Lipinski definition) is 0. The molecule has 1 spiro atoms. The van der Waals surface area contributed by atoms with Gasteiger partial charge in [0.05, 0.1) is 17.0 Å². The normalized spacial score (nSPS) is 17.0. The molecule has 0 radical (unpaired) electrons. The van der Waals surface area contributed by atoms with Crippen molar-refractivity contribution in [2.45, 2.75) is 5.41 Å². The van der Waals surface area contributed by atoms with Crippen molar-refractivity contribution in [2.75, 3.05) is 0 Å². The lowest BCUT2D eigenvalue weighted by atomic mass is 9.66. The van der Waals surface area contributed by atoms with E-state index >= 15 is 0 Å². The molecule has 1 unspecified atom stereocenters. The van der Waals surface area contributed by atoms with E-state index < -0.39 is 5.41 Å². The summed E-state index contributed by atoms with van der Waals surface area (Å²) in [6.07, 6.45) is 0. The van der Waals surface area contributed by atoms with Gasteiger partial charge in [-0.15, -0.1) is 0 Å². The number of ether oxygens (including phenoxy) is 1.